The summed E-state index contributed by atoms with van der Waals surface area (Å²) in [6.07, 6.45) is 3.31. The summed E-state index contributed by atoms with van der Waals surface area (Å²) in [6.45, 7) is 0.650. The van der Waals surface area contributed by atoms with E-state index in [2.05, 4.69) is 12.1 Å². The molecule has 1 unspecified atom stereocenters. The second-order valence-electron chi connectivity index (χ2n) is 7.14. The highest BCUT2D eigenvalue weighted by atomic mass is 35.5. The van der Waals surface area contributed by atoms with E-state index in [4.69, 9.17) is 21.1 Å². The van der Waals surface area contributed by atoms with Crippen molar-refractivity contribution in [3.8, 4) is 28.4 Å². The average molecular weight is 468 g/mol. The van der Waals surface area contributed by atoms with E-state index < -0.39 is 6.10 Å². The van der Waals surface area contributed by atoms with Gasteiger partial charge in [-0.1, -0.05) is 41.9 Å². The maximum Gasteiger partial charge on any atom is 0.177 e. The maximum atomic E-state index is 10.3. The van der Waals surface area contributed by atoms with Crippen molar-refractivity contribution in [3.63, 3.8) is 0 Å². The Morgan fingerprint density at radius 3 is 1.88 bits per heavy atom. The number of ether oxygens (including phenoxy) is 2. The molecule has 1 heterocycles. The molecule has 4 nitrogen and oxygen atoms in total. The highest BCUT2D eigenvalue weighted by Crippen LogP contribution is 2.25. The van der Waals surface area contributed by atoms with Gasteiger partial charge in [0.1, 0.15) is 30.0 Å². The molecule has 0 bridgehead atoms. The molecule has 0 spiro atoms. The molecule has 6 heteroatoms. The molecule has 164 valence electrons. The van der Waals surface area contributed by atoms with Crippen LogP contribution < -0.4 is 26.4 Å². The van der Waals surface area contributed by atoms with Crippen molar-refractivity contribution >= 4 is 11.6 Å². The average Bonchev–Trinajstić information content (AvgIpc) is 2.81. The monoisotopic (exact) mass is 467 g/mol. The van der Waals surface area contributed by atoms with E-state index >= 15 is 0 Å². The molecule has 0 fully saturated rings. The first-order valence-corrected chi connectivity index (χ1v) is 10.4. The van der Waals surface area contributed by atoms with E-state index in [0.29, 0.717) is 28.8 Å². The van der Waals surface area contributed by atoms with Gasteiger partial charge >= 0.3 is 0 Å². The number of aliphatic hydroxyl groups is 1. The summed E-state index contributed by atoms with van der Waals surface area (Å²) in [6, 6.07) is 28.8. The van der Waals surface area contributed by atoms with Crippen LogP contribution in [0.3, 0.4) is 0 Å². The lowest BCUT2D eigenvalue weighted by Gasteiger charge is -2.11. The van der Waals surface area contributed by atoms with Crippen molar-refractivity contribution in [1.82, 2.24) is 0 Å². The zero-order chi connectivity index (χ0) is 21.5. The lowest BCUT2D eigenvalue weighted by molar-refractivity contribution is -0.703. The first-order chi connectivity index (χ1) is 15.2. The van der Waals surface area contributed by atoms with Crippen molar-refractivity contribution in [1.29, 1.82) is 0 Å². The van der Waals surface area contributed by atoms with Gasteiger partial charge in [0, 0.05) is 17.2 Å². The molecule has 0 aliphatic heterocycles. The Hall–Kier alpha value is -3.05. The van der Waals surface area contributed by atoms with Crippen LogP contribution >= 0.6 is 11.6 Å². The summed E-state index contributed by atoms with van der Waals surface area (Å²) in [5.74, 6) is 2.08. The summed E-state index contributed by atoms with van der Waals surface area (Å²) in [4.78, 5) is 0. The summed E-state index contributed by atoms with van der Waals surface area (Å²) < 4.78 is 13.4. The minimum absolute atomic E-state index is 0. The minimum Gasteiger partial charge on any atom is -1.00 e. The van der Waals surface area contributed by atoms with Gasteiger partial charge in [0.05, 0.1) is 0 Å². The molecule has 3 aromatic carbocycles. The number of nitrogens with zero attached hydrogens (tertiary/aromatic N) is 1. The summed E-state index contributed by atoms with van der Waals surface area (Å²) in [5.41, 5.74) is 2.31. The SMILES string of the molecule is OC(COc1ccc(Oc2ccc(Cl)cc2)cc1)C[n+]1ccc(-c2ccccc2)cc1.[Cl-]. The molecule has 4 aromatic rings. The molecule has 0 saturated carbocycles. The Bertz CT molecular complexity index is 1090. The van der Waals surface area contributed by atoms with Crippen molar-refractivity contribution in [2.45, 2.75) is 12.6 Å². The van der Waals surface area contributed by atoms with Crippen LogP contribution in [0.5, 0.6) is 17.2 Å². The van der Waals surface area contributed by atoms with Crippen LogP contribution in [0.25, 0.3) is 11.1 Å². The third-order valence-electron chi connectivity index (χ3n) is 4.74. The molecule has 0 saturated heterocycles. The van der Waals surface area contributed by atoms with Crippen LogP contribution in [-0.4, -0.2) is 17.8 Å². The van der Waals surface area contributed by atoms with Gasteiger partial charge in [0.2, 0.25) is 0 Å². The van der Waals surface area contributed by atoms with Gasteiger partial charge in [0.15, 0.2) is 18.9 Å². The van der Waals surface area contributed by atoms with Gasteiger partial charge in [-0.3, -0.25) is 0 Å². The fraction of sp³-hybridized carbons (Fsp3) is 0.115. The van der Waals surface area contributed by atoms with Gasteiger partial charge in [-0.2, -0.15) is 0 Å². The highest BCUT2D eigenvalue weighted by molar-refractivity contribution is 6.30. The van der Waals surface area contributed by atoms with Crippen LogP contribution in [0.2, 0.25) is 5.02 Å². The fourth-order valence-corrected chi connectivity index (χ4v) is 3.26. The standard InChI is InChI=1S/C26H23ClNO3.ClH/c27-22-6-8-25(9-7-22)31-26-12-10-24(11-13-26)30-19-23(29)18-28-16-14-21(15-17-28)20-4-2-1-3-5-20;/h1-17,23,29H,18-19H2;1H/q+1;/p-1. The molecule has 1 aromatic heterocycles. The summed E-state index contributed by atoms with van der Waals surface area (Å²) in [7, 11) is 0. The van der Waals surface area contributed by atoms with E-state index in [1.165, 1.54) is 5.56 Å². The predicted octanol–water partition coefficient (Wildman–Crippen LogP) is 2.53. The van der Waals surface area contributed by atoms with Gasteiger partial charge < -0.3 is 27.0 Å². The van der Waals surface area contributed by atoms with Gasteiger partial charge in [-0.05, 0) is 59.7 Å². The van der Waals surface area contributed by atoms with Crippen LogP contribution in [0, 0.1) is 0 Å². The third-order valence-corrected chi connectivity index (χ3v) is 4.99. The van der Waals surface area contributed by atoms with Crippen molar-refractivity contribution in [2.75, 3.05) is 6.61 Å². The zero-order valence-electron chi connectivity index (χ0n) is 17.3. The van der Waals surface area contributed by atoms with Crippen molar-refractivity contribution in [2.24, 2.45) is 0 Å². The Balaban J connectivity index is 0.00000289. The van der Waals surface area contributed by atoms with Gasteiger partial charge in [-0.15, -0.1) is 0 Å². The normalized spacial score (nSPS) is 11.3. The number of aromatic nitrogens is 1. The fourth-order valence-electron chi connectivity index (χ4n) is 3.13. The molecule has 0 aliphatic rings. The zero-order valence-corrected chi connectivity index (χ0v) is 18.8. The van der Waals surface area contributed by atoms with Crippen LogP contribution in [-0.2, 0) is 6.54 Å². The first-order valence-electron chi connectivity index (χ1n) is 10.0. The number of aliphatic hydroxyl groups excluding tert-OH is 1. The highest BCUT2D eigenvalue weighted by Gasteiger charge is 2.12. The number of pyridine rings is 1. The molecule has 0 radical (unpaired) electrons. The lowest BCUT2D eigenvalue weighted by Crippen LogP contribution is -3.00. The third kappa shape index (κ3) is 6.72. The molecule has 1 atom stereocenters. The summed E-state index contributed by atoms with van der Waals surface area (Å²) in [5, 5.41) is 11.0. The quantitative estimate of drug-likeness (QED) is 0.405. The van der Waals surface area contributed by atoms with Gasteiger partial charge in [0.25, 0.3) is 0 Å². The first kappa shape index (κ1) is 23.6. The molecular formula is C26H23Cl2NO3. The van der Waals surface area contributed by atoms with Crippen molar-refractivity contribution in [3.05, 3.63) is 108 Å². The number of hydrogen-bond donors (Lipinski definition) is 1. The number of halogens is 2. The molecule has 0 aliphatic carbocycles. The molecular weight excluding hydrogens is 445 g/mol. The van der Waals surface area contributed by atoms with Gasteiger partial charge in [-0.25, -0.2) is 4.57 Å². The maximum absolute atomic E-state index is 10.3. The molecule has 4 rings (SSSR count). The number of rotatable bonds is 8. The lowest BCUT2D eigenvalue weighted by atomic mass is 10.1. The van der Waals surface area contributed by atoms with Crippen LogP contribution in [0.1, 0.15) is 0 Å². The second kappa shape index (κ2) is 11.5. The number of benzene rings is 3. The molecule has 0 amide bonds. The van der Waals surface area contributed by atoms with E-state index in [-0.39, 0.29) is 19.0 Å². The molecule has 32 heavy (non-hydrogen) atoms. The van der Waals surface area contributed by atoms with Crippen LogP contribution in [0.4, 0.5) is 0 Å². The minimum atomic E-state index is -0.627. The van der Waals surface area contributed by atoms with E-state index in [9.17, 15) is 5.11 Å². The largest absolute Gasteiger partial charge is 1.00 e. The Kier molecular flexibility index (Phi) is 8.51. The Morgan fingerprint density at radius 1 is 0.719 bits per heavy atom. The molecule has 1 N–H and O–H groups in total. The smallest absolute Gasteiger partial charge is 0.177 e. The topological polar surface area (TPSA) is 42.6 Å². The predicted molar refractivity (Wildman–Crippen MR) is 122 cm³/mol. The Morgan fingerprint density at radius 2 is 1.25 bits per heavy atom. The van der Waals surface area contributed by atoms with E-state index in [1.807, 2.05) is 83.7 Å². The summed E-state index contributed by atoms with van der Waals surface area (Å²) >= 11 is 5.89. The second-order valence-corrected chi connectivity index (χ2v) is 7.58. The van der Waals surface area contributed by atoms with Crippen molar-refractivity contribution < 1.29 is 31.6 Å². The number of hydrogen-bond acceptors (Lipinski definition) is 3. The van der Waals surface area contributed by atoms with E-state index in [1.54, 1.807) is 12.1 Å². The Labute approximate surface area is 199 Å². The van der Waals surface area contributed by atoms with Crippen LogP contribution in [0.15, 0.2) is 103 Å². The van der Waals surface area contributed by atoms with E-state index in [0.717, 1.165) is 5.56 Å².